The van der Waals surface area contributed by atoms with Crippen molar-refractivity contribution in [3.63, 3.8) is 0 Å². The summed E-state index contributed by atoms with van der Waals surface area (Å²) in [6, 6.07) is 19.8. The van der Waals surface area contributed by atoms with E-state index in [0.717, 1.165) is 36.8 Å². The Hall–Kier alpha value is -4.98. The van der Waals surface area contributed by atoms with Crippen LogP contribution in [0.15, 0.2) is 82.9 Å². The molecule has 0 bridgehead atoms. The van der Waals surface area contributed by atoms with Crippen LogP contribution in [0.25, 0.3) is 0 Å². The number of anilines is 2. The maximum atomic E-state index is 13.8. The van der Waals surface area contributed by atoms with Crippen LogP contribution in [0.1, 0.15) is 44.7 Å². The first-order valence-electron chi connectivity index (χ1n) is 15.4. The average molecular weight is 742 g/mol. The van der Waals surface area contributed by atoms with Gasteiger partial charge in [-0.1, -0.05) is 59.1 Å². The van der Waals surface area contributed by atoms with Crippen LogP contribution in [0.2, 0.25) is 15.5 Å². The lowest BCUT2D eigenvalue weighted by molar-refractivity contribution is 0.101. The fraction of sp³-hybridized carbons (Fsp3) is 0.235. The highest BCUT2D eigenvalue weighted by molar-refractivity contribution is 6.33. The molecule has 2 atom stereocenters. The molecule has 2 aliphatic rings. The summed E-state index contributed by atoms with van der Waals surface area (Å²) in [5.41, 5.74) is 14.7. The van der Waals surface area contributed by atoms with Gasteiger partial charge in [-0.3, -0.25) is 9.59 Å². The smallest absolute Gasteiger partial charge is 0.282 e. The topological polar surface area (TPSA) is 179 Å². The summed E-state index contributed by atoms with van der Waals surface area (Å²) in [5, 5.41) is 5.45. The molecular formula is C34H32Cl3FN8O4. The Kier molecular flexibility index (Phi) is 12.4. The fourth-order valence-corrected chi connectivity index (χ4v) is 5.55. The number of pyridine rings is 2. The molecule has 2 aromatic heterocycles. The Morgan fingerprint density at radius 2 is 1.24 bits per heavy atom. The normalized spacial score (nSPS) is 16.2. The van der Waals surface area contributed by atoms with E-state index in [4.69, 9.17) is 55.7 Å². The van der Waals surface area contributed by atoms with Crippen LogP contribution < -0.4 is 22.1 Å². The SMILES string of the molecule is NC1=N[C@@H](CCc2ccc(NC(=O)c3cc(Cl)nc(Cl)c3)cc2)CO1.NC1=N[C@@H](CCc2ccc(NC(=O)c3ccnc(Cl)c3F)cc2)CO1. The van der Waals surface area contributed by atoms with E-state index in [1.165, 1.54) is 24.4 Å². The first kappa shape index (κ1) is 36.3. The van der Waals surface area contributed by atoms with E-state index < -0.39 is 11.7 Å². The van der Waals surface area contributed by atoms with Crippen LogP contribution in [0.3, 0.4) is 0 Å². The molecular weight excluding hydrogens is 710 g/mol. The van der Waals surface area contributed by atoms with Crippen molar-refractivity contribution in [1.82, 2.24) is 9.97 Å². The van der Waals surface area contributed by atoms with Gasteiger partial charge in [-0.25, -0.2) is 24.3 Å². The lowest BCUT2D eigenvalue weighted by atomic mass is 10.1. The van der Waals surface area contributed by atoms with Crippen molar-refractivity contribution < 1.29 is 23.5 Å². The van der Waals surface area contributed by atoms with E-state index in [9.17, 15) is 14.0 Å². The number of hydrogen-bond acceptors (Lipinski definition) is 10. The van der Waals surface area contributed by atoms with Crippen LogP contribution >= 0.6 is 34.8 Å². The third-order valence-corrected chi connectivity index (χ3v) is 8.19. The molecule has 2 amide bonds. The summed E-state index contributed by atoms with van der Waals surface area (Å²) in [5.74, 6) is -1.72. The minimum Gasteiger partial charge on any atom is -0.463 e. The maximum Gasteiger partial charge on any atom is 0.282 e. The third-order valence-electron chi connectivity index (χ3n) is 7.54. The van der Waals surface area contributed by atoms with Gasteiger partial charge in [0.2, 0.25) is 0 Å². The van der Waals surface area contributed by atoms with Gasteiger partial charge in [-0.15, -0.1) is 0 Å². The van der Waals surface area contributed by atoms with Gasteiger partial charge in [0.1, 0.15) is 23.5 Å². The highest BCUT2D eigenvalue weighted by Gasteiger charge is 2.18. The minimum absolute atomic E-state index is 0.0822. The molecule has 4 heterocycles. The van der Waals surface area contributed by atoms with Gasteiger partial charge in [0, 0.05) is 23.1 Å². The highest BCUT2D eigenvalue weighted by Crippen LogP contribution is 2.20. The van der Waals surface area contributed by atoms with Crippen molar-refractivity contribution >= 4 is 70.0 Å². The molecule has 0 radical (unpaired) electrons. The van der Waals surface area contributed by atoms with Crippen molar-refractivity contribution in [1.29, 1.82) is 0 Å². The number of ether oxygens (including phenoxy) is 2. The molecule has 16 heteroatoms. The van der Waals surface area contributed by atoms with Gasteiger partial charge in [0.05, 0.1) is 17.6 Å². The molecule has 6 rings (SSSR count). The Morgan fingerprint density at radius 3 is 1.70 bits per heavy atom. The van der Waals surface area contributed by atoms with E-state index in [0.29, 0.717) is 30.2 Å². The molecule has 0 saturated carbocycles. The lowest BCUT2D eigenvalue weighted by Gasteiger charge is -2.08. The number of amides is 2. The molecule has 260 valence electrons. The molecule has 0 aliphatic carbocycles. The summed E-state index contributed by atoms with van der Waals surface area (Å²) in [7, 11) is 0. The highest BCUT2D eigenvalue weighted by atomic mass is 35.5. The van der Waals surface area contributed by atoms with E-state index in [-0.39, 0.29) is 51.1 Å². The van der Waals surface area contributed by atoms with Crippen molar-refractivity contribution in [2.24, 2.45) is 21.5 Å². The quantitative estimate of drug-likeness (QED) is 0.142. The van der Waals surface area contributed by atoms with Gasteiger partial charge >= 0.3 is 0 Å². The summed E-state index contributed by atoms with van der Waals surface area (Å²) in [4.78, 5) is 40.1. The Labute approximate surface area is 302 Å². The lowest BCUT2D eigenvalue weighted by Crippen LogP contribution is -2.14. The molecule has 50 heavy (non-hydrogen) atoms. The van der Waals surface area contributed by atoms with Crippen molar-refractivity contribution in [3.8, 4) is 0 Å². The molecule has 0 saturated heterocycles. The maximum absolute atomic E-state index is 13.8. The number of benzene rings is 2. The number of rotatable bonds is 10. The Morgan fingerprint density at radius 1 is 0.760 bits per heavy atom. The largest absolute Gasteiger partial charge is 0.463 e. The number of nitrogens with two attached hydrogens (primary N) is 2. The van der Waals surface area contributed by atoms with Gasteiger partial charge in [-0.05, 0) is 79.3 Å². The van der Waals surface area contributed by atoms with Crippen molar-refractivity contribution in [2.45, 2.75) is 37.8 Å². The molecule has 2 aromatic carbocycles. The Bertz CT molecular complexity index is 1870. The number of amidine groups is 2. The van der Waals surface area contributed by atoms with E-state index >= 15 is 0 Å². The molecule has 12 nitrogen and oxygen atoms in total. The van der Waals surface area contributed by atoms with E-state index in [1.54, 1.807) is 12.1 Å². The summed E-state index contributed by atoms with van der Waals surface area (Å²) < 4.78 is 24.1. The second-order valence-electron chi connectivity index (χ2n) is 11.2. The van der Waals surface area contributed by atoms with E-state index in [2.05, 4.69) is 30.6 Å². The minimum atomic E-state index is -0.836. The van der Waals surface area contributed by atoms with Crippen LogP contribution in [-0.2, 0) is 22.3 Å². The molecule has 0 fully saturated rings. The Balaban J connectivity index is 0.000000194. The van der Waals surface area contributed by atoms with Gasteiger partial charge in [-0.2, -0.15) is 0 Å². The number of aliphatic imine (C=N–C) groups is 2. The second-order valence-corrected chi connectivity index (χ2v) is 12.3. The first-order chi connectivity index (χ1) is 24.0. The first-order valence-corrected chi connectivity index (χ1v) is 16.5. The average Bonchev–Trinajstić information content (AvgIpc) is 3.72. The third kappa shape index (κ3) is 10.5. The van der Waals surface area contributed by atoms with Crippen LogP contribution in [0, 0.1) is 5.82 Å². The number of nitrogens with zero attached hydrogens (tertiary/aromatic N) is 4. The van der Waals surface area contributed by atoms with Crippen molar-refractivity contribution in [3.05, 3.63) is 116 Å². The number of carbonyl (C=O) groups is 2. The van der Waals surface area contributed by atoms with Gasteiger partial charge < -0.3 is 31.6 Å². The number of aryl methyl sites for hydroxylation is 2. The van der Waals surface area contributed by atoms with Crippen LogP contribution in [-0.4, -0.2) is 59.1 Å². The zero-order chi connectivity index (χ0) is 35.6. The zero-order valence-electron chi connectivity index (χ0n) is 26.4. The monoisotopic (exact) mass is 740 g/mol. The molecule has 0 unspecified atom stereocenters. The summed E-state index contributed by atoms with van der Waals surface area (Å²) in [6.07, 6.45) is 4.64. The number of hydrogen-bond donors (Lipinski definition) is 4. The standard InChI is InChI=1S/C17H16Cl2N4O2.C17H16ClFN4O2/c18-14-7-11(8-15(19)23-14)16(24)21-12-4-1-10(2-5-12)3-6-13-9-25-17(20)22-13;18-15-14(19)13(7-8-21-15)16(24)22-11-4-1-10(2-5-11)3-6-12-9-25-17(20)23-12/h1-2,4-5,7-8,13H,3,6,9H2,(H2,20,22)(H,21,24);1-2,4-5,7-8,12H,3,6,9H2,(H2,20,23)(H,22,24)/t13-;12-/m00/s1. The fourth-order valence-electron chi connectivity index (χ4n) is 4.94. The van der Waals surface area contributed by atoms with Gasteiger partial charge in [0.25, 0.3) is 23.9 Å². The number of aromatic nitrogens is 2. The van der Waals surface area contributed by atoms with Crippen LogP contribution in [0.4, 0.5) is 15.8 Å². The summed E-state index contributed by atoms with van der Waals surface area (Å²) >= 11 is 17.2. The molecule has 2 aliphatic heterocycles. The van der Waals surface area contributed by atoms with Crippen molar-refractivity contribution in [2.75, 3.05) is 23.8 Å². The molecule has 6 N–H and O–H groups in total. The predicted octanol–water partition coefficient (Wildman–Crippen LogP) is 6.06. The zero-order valence-corrected chi connectivity index (χ0v) is 28.7. The van der Waals surface area contributed by atoms with Crippen LogP contribution in [0.5, 0.6) is 0 Å². The second kappa shape index (κ2) is 17.1. The molecule has 4 aromatic rings. The van der Waals surface area contributed by atoms with Gasteiger partial charge in [0.15, 0.2) is 11.0 Å². The number of carbonyl (C=O) groups excluding carboxylic acids is 2. The number of halogens is 4. The molecule has 0 spiro atoms. The van der Waals surface area contributed by atoms with E-state index in [1.807, 2.05) is 36.4 Å². The predicted molar refractivity (Wildman–Crippen MR) is 192 cm³/mol. The number of nitrogens with one attached hydrogen (secondary N) is 2. The summed E-state index contributed by atoms with van der Waals surface area (Å²) in [6.45, 7) is 1.05.